The number of aliphatic hydroxyl groups is 1. The fourth-order valence-corrected chi connectivity index (χ4v) is 1.93. The summed E-state index contributed by atoms with van der Waals surface area (Å²) in [4.78, 5) is 23.1. The summed E-state index contributed by atoms with van der Waals surface area (Å²) < 4.78 is 10.2. The summed E-state index contributed by atoms with van der Waals surface area (Å²) in [5.41, 5.74) is 0.408. The van der Waals surface area contributed by atoms with Crippen LogP contribution >= 0.6 is 0 Å². The Morgan fingerprint density at radius 2 is 2.04 bits per heavy atom. The zero-order valence-electron chi connectivity index (χ0n) is 13.4. The van der Waals surface area contributed by atoms with Gasteiger partial charge in [0.1, 0.15) is 24.1 Å². The fourth-order valence-electron chi connectivity index (χ4n) is 1.93. The maximum absolute atomic E-state index is 12.0. The maximum atomic E-state index is 12.0. The smallest absolute Gasteiger partial charge is 0.230 e. The third-order valence-corrected chi connectivity index (χ3v) is 3.15. The lowest BCUT2D eigenvalue weighted by Crippen LogP contribution is -2.94. The van der Waals surface area contributed by atoms with E-state index in [0.717, 1.165) is 0 Å². The molecule has 0 aliphatic heterocycles. The Kier molecular flexibility index (Phi) is 7.30. The van der Waals surface area contributed by atoms with Gasteiger partial charge in [0.05, 0.1) is 38.4 Å². The molecule has 0 heterocycles. The normalized spacial score (nSPS) is 13.0. The SMILES string of the molecule is COc1ccc(NC(=O)C[C@H]([NH2+]C[C@@H](C)O)C(=O)[O-])c(OC)c1. The van der Waals surface area contributed by atoms with Crippen molar-refractivity contribution in [1.29, 1.82) is 0 Å². The topological polar surface area (TPSA) is 125 Å². The highest BCUT2D eigenvalue weighted by Crippen LogP contribution is 2.29. The Bertz CT molecular complexity index is 547. The van der Waals surface area contributed by atoms with E-state index in [4.69, 9.17) is 9.47 Å². The number of hydrogen-bond acceptors (Lipinski definition) is 6. The molecule has 1 rings (SSSR count). The average molecular weight is 326 g/mol. The number of rotatable bonds is 9. The number of ether oxygens (including phenoxy) is 2. The van der Waals surface area contributed by atoms with Gasteiger partial charge in [-0.3, -0.25) is 4.79 Å². The van der Waals surface area contributed by atoms with E-state index in [1.807, 2.05) is 0 Å². The number of methoxy groups -OCH3 is 2. The van der Waals surface area contributed by atoms with Gasteiger partial charge in [-0.2, -0.15) is 0 Å². The van der Waals surface area contributed by atoms with E-state index in [1.54, 1.807) is 18.2 Å². The number of quaternary nitrogens is 1. The number of nitrogens with two attached hydrogens (primary N) is 1. The monoisotopic (exact) mass is 326 g/mol. The summed E-state index contributed by atoms with van der Waals surface area (Å²) in [5.74, 6) is -0.889. The van der Waals surface area contributed by atoms with Crippen LogP contribution in [-0.2, 0) is 9.59 Å². The second-order valence-corrected chi connectivity index (χ2v) is 5.06. The average Bonchev–Trinajstić information content (AvgIpc) is 2.51. The Morgan fingerprint density at radius 1 is 1.35 bits per heavy atom. The lowest BCUT2D eigenvalue weighted by molar-refractivity contribution is -0.687. The molecule has 0 spiro atoms. The van der Waals surface area contributed by atoms with Gasteiger partial charge >= 0.3 is 0 Å². The van der Waals surface area contributed by atoms with Gasteiger partial charge in [-0.1, -0.05) is 0 Å². The van der Waals surface area contributed by atoms with E-state index in [9.17, 15) is 19.8 Å². The molecule has 0 aliphatic carbocycles. The van der Waals surface area contributed by atoms with Crippen molar-refractivity contribution in [3.63, 3.8) is 0 Å². The summed E-state index contributed by atoms with van der Waals surface area (Å²) in [7, 11) is 2.96. The van der Waals surface area contributed by atoms with Crippen LogP contribution in [0.2, 0.25) is 0 Å². The summed E-state index contributed by atoms with van der Waals surface area (Å²) in [6.07, 6.45) is -0.967. The van der Waals surface area contributed by atoms with Crippen LogP contribution < -0.4 is 25.2 Å². The molecule has 0 radical (unpaired) electrons. The fraction of sp³-hybridized carbons (Fsp3) is 0.467. The molecule has 1 amide bonds. The molecule has 4 N–H and O–H groups in total. The summed E-state index contributed by atoms with van der Waals surface area (Å²) in [5, 5.41) is 24.2. The molecule has 0 aromatic heterocycles. The van der Waals surface area contributed by atoms with Gasteiger partial charge < -0.3 is 35.1 Å². The van der Waals surface area contributed by atoms with Crippen molar-refractivity contribution in [2.24, 2.45) is 0 Å². The minimum Gasteiger partial charge on any atom is -0.544 e. The predicted molar refractivity (Wildman–Crippen MR) is 80.1 cm³/mol. The Balaban J connectivity index is 2.72. The van der Waals surface area contributed by atoms with Gasteiger partial charge in [0.2, 0.25) is 5.91 Å². The van der Waals surface area contributed by atoms with Crippen LogP contribution in [-0.4, -0.2) is 49.9 Å². The highest BCUT2D eigenvalue weighted by atomic mass is 16.5. The van der Waals surface area contributed by atoms with E-state index in [0.29, 0.717) is 17.2 Å². The Hall–Kier alpha value is -2.32. The first-order chi connectivity index (χ1) is 10.9. The number of carbonyl (C=O) groups excluding carboxylic acids is 2. The van der Waals surface area contributed by atoms with Crippen molar-refractivity contribution < 1.29 is 34.6 Å². The number of carbonyl (C=O) groups is 2. The molecule has 23 heavy (non-hydrogen) atoms. The molecule has 8 heteroatoms. The number of carboxylic acid groups (broad SMARTS) is 1. The van der Waals surface area contributed by atoms with Gasteiger partial charge in [0, 0.05) is 6.07 Å². The molecule has 8 nitrogen and oxygen atoms in total. The quantitative estimate of drug-likeness (QED) is 0.487. The molecule has 0 unspecified atom stereocenters. The lowest BCUT2D eigenvalue weighted by atomic mass is 10.2. The number of aliphatic carboxylic acids is 1. The van der Waals surface area contributed by atoms with Crippen LogP contribution in [0.25, 0.3) is 0 Å². The minimum atomic E-state index is -1.36. The number of carboxylic acids is 1. The molecule has 1 aromatic carbocycles. The van der Waals surface area contributed by atoms with E-state index in [2.05, 4.69) is 5.32 Å². The van der Waals surface area contributed by atoms with Crippen molar-refractivity contribution in [3.05, 3.63) is 18.2 Å². The second-order valence-electron chi connectivity index (χ2n) is 5.06. The van der Waals surface area contributed by atoms with Crippen molar-refractivity contribution in [2.75, 3.05) is 26.1 Å². The van der Waals surface area contributed by atoms with E-state index >= 15 is 0 Å². The highest BCUT2D eigenvalue weighted by molar-refractivity contribution is 5.94. The first kappa shape index (κ1) is 18.7. The molecule has 0 aliphatic rings. The van der Waals surface area contributed by atoms with Crippen molar-refractivity contribution in [1.82, 2.24) is 0 Å². The van der Waals surface area contributed by atoms with Crippen LogP contribution in [0.15, 0.2) is 18.2 Å². The Labute approximate surface area is 134 Å². The first-order valence-electron chi connectivity index (χ1n) is 7.11. The molecular formula is C15H22N2O6. The lowest BCUT2D eigenvalue weighted by Gasteiger charge is -2.18. The van der Waals surface area contributed by atoms with Crippen molar-refractivity contribution in [2.45, 2.75) is 25.5 Å². The number of nitrogens with one attached hydrogen (secondary N) is 1. The standard InChI is InChI=1S/C15H22N2O6/c1-9(18)8-16-12(15(20)21)7-14(19)17-11-5-4-10(22-2)6-13(11)23-3/h4-6,9,12,16,18H,7-8H2,1-3H3,(H,17,19)(H,20,21)/t9-,12+/m1/s1. The molecule has 0 saturated carbocycles. The molecule has 1 aromatic rings. The van der Waals surface area contributed by atoms with Crippen LogP contribution in [0.5, 0.6) is 11.5 Å². The van der Waals surface area contributed by atoms with Crippen LogP contribution in [0.3, 0.4) is 0 Å². The van der Waals surface area contributed by atoms with Gasteiger partial charge in [-0.25, -0.2) is 0 Å². The Morgan fingerprint density at radius 3 is 2.57 bits per heavy atom. The van der Waals surface area contributed by atoms with E-state index in [1.165, 1.54) is 26.5 Å². The third-order valence-electron chi connectivity index (χ3n) is 3.15. The number of aliphatic hydroxyl groups excluding tert-OH is 1. The van der Waals surface area contributed by atoms with Crippen molar-refractivity contribution >= 4 is 17.6 Å². The molecule has 0 bridgehead atoms. The largest absolute Gasteiger partial charge is 0.544 e. The number of benzene rings is 1. The minimum absolute atomic E-state index is 0.164. The van der Waals surface area contributed by atoms with Crippen molar-refractivity contribution in [3.8, 4) is 11.5 Å². The number of anilines is 1. The molecular weight excluding hydrogens is 304 g/mol. The maximum Gasteiger partial charge on any atom is 0.230 e. The number of amides is 1. The highest BCUT2D eigenvalue weighted by Gasteiger charge is 2.20. The van der Waals surface area contributed by atoms with E-state index in [-0.39, 0.29) is 13.0 Å². The summed E-state index contributed by atoms with van der Waals surface area (Å²) in [6, 6.07) is 3.77. The molecule has 0 fully saturated rings. The summed E-state index contributed by atoms with van der Waals surface area (Å²) in [6.45, 7) is 1.70. The van der Waals surface area contributed by atoms with E-state index < -0.39 is 24.0 Å². The van der Waals surface area contributed by atoms with Crippen LogP contribution in [0.1, 0.15) is 13.3 Å². The zero-order valence-corrected chi connectivity index (χ0v) is 13.4. The van der Waals surface area contributed by atoms with Gasteiger partial charge in [-0.05, 0) is 19.1 Å². The van der Waals surface area contributed by atoms with Crippen LogP contribution in [0.4, 0.5) is 5.69 Å². The molecule has 0 saturated heterocycles. The zero-order chi connectivity index (χ0) is 17.4. The second kappa shape index (κ2) is 8.96. The summed E-state index contributed by atoms with van der Waals surface area (Å²) >= 11 is 0. The van der Waals surface area contributed by atoms with Crippen LogP contribution in [0, 0.1) is 0 Å². The van der Waals surface area contributed by atoms with Gasteiger partial charge in [-0.15, -0.1) is 0 Å². The first-order valence-corrected chi connectivity index (χ1v) is 7.11. The third kappa shape index (κ3) is 6.13. The van der Waals surface area contributed by atoms with Gasteiger partial charge in [0.25, 0.3) is 0 Å². The molecule has 2 atom stereocenters. The predicted octanol–water partition coefficient (Wildman–Crippen LogP) is -1.90. The molecule has 128 valence electrons. The van der Waals surface area contributed by atoms with Gasteiger partial charge in [0.15, 0.2) is 0 Å². The number of hydrogen-bond donors (Lipinski definition) is 3.